The number of anilines is 2. The summed E-state index contributed by atoms with van der Waals surface area (Å²) in [6.45, 7) is 0.276. The summed E-state index contributed by atoms with van der Waals surface area (Å²) in [5.41, 5.74) is 1.57. The number of hydrogen-bond acceptors (Lipinski definition) is 7. The molecule has 3 N–H and O–H groups in total. The minimum Gasteiger partial charge on any atom is -0.497 e. The van der Waals surface area contributed by atoms with Gasteiger partial charge in [0.1, 0.15) is 17.2 Å². The van der Waals surface area contributed by atoms with Gasteiger partial charge in [-0.25, -0.2) is 4.39 Å². The normalized spacial score (nSPS) is 13.4. The van der Waals surface area contributed by atoms with Gasteiger partial charge in [-0.1, -0.05) is 23.7 Å². The van der Waals surface area contributed by atoms with Crippen molar-refractivity contribution in [2.75, 3.05) is 30.5 Å². The first-order chi connectivity index (χ1) is 19.4. The molecule has 3 aromatic carbocycles. The predicted octanol–water partition coefficient (Wildman–Crippen LogP) is 6.99. The second-order valence-electron chi connectivity index (χ2n) is 8.93. The Morgan fingerprint density at radius 2 is 1.78 bits per heavy atom. The molecule has 3 aromatic rings. The highest BCUT2D eigenvalue weighted by Crippen LogP contribution is 2.39. The number of rotatable bonds is 11. The average Bonchev–Trinajstić information content (AvgIpc) is 3.31. The van der Waals surface area contributed by atoms with Gasteiger partial charge in [0, 0.05) is 53.5 Å². The van der Waals surface area contributed by atoms with E-state index in [1.165, 1.54) is 12.0 Å². The van der Waals surface area contributed by atoms with Gasteiger partial charge < -0.3 is 34.6 Å². The lowest BCUT2D eigenvalue weighted by Gasteiger charge is -2.24. The number of methoxy groups -OCH3 is 1. The molecular weight excluding hydrogens is 572 g/mol. The predicted molar refractivity (Wildman–Crippen MR) is 144 cm³/mol. The highest BCUT2D eigenvalue weighted by molar-refractivity contribution is 6.30. The van der Waals surface area contributed by atoms with E-state index < -0.39 is 23.9 Å². The smallest absolute Gasteiger partial charge is 0.497 e. The summed E-state index contributed by atoms with van der Waals surface area (Å²) in [4.78, 5) is 12.1. The molecule has 8 nitrogen and oxygen atoms in total. The van der Waals surface area contributed by atoms with Crippen LogP contribution in [0.25, 0.3) is 5.70 Å². The Morgan fingerprint density at radius 1 is 1.07 bits per heavy atom. The van der Waals surface area contributed by atoms with Crippen LogP contribution in [0.4, 0.5) is 28.9 Å². The van der Waals surface area contributed by atoms with Crippen molar-refractivity contribution < 1.29 is 46.8 Å². The number of alkyl halides is 3. The molecule has 0 radical (unpaired) electrons. The number of carbonyl (C=O) groups is 1. The zero-order chi connectivity index (χ0) is 29.7. The van der Waals surface area contributed by atoms with Gasteiger partial charge in [0.25, 0.3) is 0 Å². The van der Waals surface area contributed by atoms with E-state index in [0.29, 0.717) is 33.3 Å². The molecule has 0 saturated carbocycles. The largest absolute Gasteiger partial charge is 0.573 e. The number of carboxylic acid groups (broad SMARTS) is 1. The van der Waals surface area contributed by atoms with Gasteiger partial charge in [-0.2, -0.15) is 0 Å². The summed E-state index contributed by atoms with van der Waals surface area (Å²) in [6.07, 6.45) is -4.64. The second-order valence-corrected chi connectivity index (χ2v) is 9.37. The topological polar surface area (TPSA) is 100 Å². The van der Waals surface area contributed by atoms with Crippen molar-refractivity contribution in [1.82, 2.24) is 0 Å². The van der Waals surface area contributed by atoms with Crippen LogP contribution in [0.15, 0.2) is 60.5 Å². The van der Waals surface area contributed by atoms with E-state index in [4.69, 9.17) is 26.2 Å². The lowest BCUT2D eigenvalue weighted by Crippen LogP contribution is -2.23. The molecule has 0 saturated heterocycles. The fourth-order valence-corrected chi connectivity index (χ4v) is 4.35. The summed E-state index contributed by atoms with van der Waals surface area (Å²) >= 11 is 6.06. The number of nitrogens with one attached hydrogen (secondary N) is 1. The molecule has 0 spiro atoms. The minimum atomic E-state index is -5.10. The maximum atomic E-state index is 14.3. The van der Waals surface area contributed by atoms with E-state index in [1.807, 2.05) is 0 Å². The third-order valence-corrected chi connectivity index (χ3v) is 6.31. The Bertz CT molecular complexity index is 1450. The summed E-state index contributed by atoms with van der Waals surface area (Å²) in [5, 5.41) is 23.9. The summed E-state index contributed by atoms with van der Waals surface area (Å²) in [6, 6.07) is 13.1. The Morgan fingerprint density at radius 3 is 2.44 bits per heavy atom. The fourth-order valence-electron chi connectivity index (χ4n) is 4.22. The summed E-state index contributed by atoms with van der Waals surface area (Å²) in [7, 11) is 1.45. The van der Waals surface area contributed by atoms with Gasteiger partial charge in [-0.15, -0.1) is 13.2 Å². The number of benzene rings is 3. The first-order valence-corrected chi connectivity index (χ1v) is 12.7. The number of nitrogens with zero attached hydrogens (tertiary/aromatic N) is 1. The maximum absolute atomic E-state index is 14.3. The third-order valence-electron chi connectivity index (χ3n) is 6.06. The molecule has 0 fully saturated rings. The Labute approximate surface area is 237 Å². The van der Waals surface area contributed by atoms with E-state index in [9.17, 15) is 27.5 Å². The fraction of sp³-hybridized carbons (Fsp3) is 0.250. The molecule has 4 rings (SSSR count). The van der Waals surface area contributed by atoms with Crippen LogP contribution in [0, 0.1) is 5.82 Å². The number of hydrogen-bond donors (Lipinski definition) is 3. The number of carboxylic acids is 1. The number of fused-ring (bicyclic) bond motifs is 1. The van der Waals surface area contributed by atoms with Crippen molar-refractivity contribution in [3.8, 4) is 17.2 Å². The van der Waals surface area contributed by atoms with Crippen LogP contribution in [0.5, 0.6) is 17.2 Å². The van der Waals surface area contributed by atoms with Crippen molar-refractivity contribution in [3.05, 3.63) is 82.4 Å². The summed E-state index contributed by atoms with van der Waals surface area (Å²) < 4.78 is 67.8. The first kappa shape index (κ1) is 29.7. The van der Waals surface area contributed by atoms with Crippen molar-refractivity contribution in [2.45, 2.75) is 25.6 Å². The van der Waals surface area contributed by atoms with Gasteiger partial charge in [0.15, 0.2) is 11.6 Å². The van der Waals surface area contributed by atoms with Crippen LogP contribution in [-0.4, -0.2) is 42.8 Å². The SMILES string of the molecule is COc1cc(N/C(=C(/O)N2CCc3cc(F)c(OC(F)(F)F)cc32)c2ccc(Cl)cc2)cc(OCCCC(=O)O)c1. The Kier molecular flexibility index (Phi) is 9.01. The standard InChI is InChI=1S/C28H25ClF4N2O6/c1-39-20-12-19(13-21(14-20)40-10-2-3-25(36)37)34-26(16-4-6-18(29)7-5-16)27(38)35-9-8-17-11-22(30)24(15-23(17)35)41-28(31,32)33/h4-7,11-15,34,38H,2-3,8-10H2,1H3,(H,36,37)/b27-26+. The highest BCUT2D eigenvalue weighted by atomic mass is 35.5. The van der Waals surface area contributed by atoms with E-state index in [2.05, 4.69) is 10.1 Å². The molecule has 218 valence electrons. The number of halogens is 5. The lowest BCUT2D eigenvalue weighted by atomic mass is 10.1. The van der Waals surface area contributed by atoms with Crippen molar-refractivity contribution >= 4 is 34.6 Å². The van der Waals surface area contributed by atoms with Crippen LogP contribution in [0.2, 0.25) is 5.02 Å². The molecule has 1 aliphatic rings. The third kappa shape index (κ3) is 7.66. The molecule has 0 bridgehead atoms. The quantitative estimate of drug-likeness (QED) is 0.124. The van der Waals surface area contributed by atoms with Gasteiger partial charge in [-0.05, 0) is 36.6 Å². The monoisotopic (exact) mass is 596 g/mol. The van der Waals surface area contributed by atoms with Crippen molar-refractivity contribution in [3.63, 3.8) is 0 Å². The number of aliphatic carboxylic acids is 1. The minimum absolute atomic E-state index is 0.0661. The molecule has 0 aliphatic carbocycles. The zero-order valence-corrected chi connectivity index (χ0v) is 22.4. The van der Waals surface area contributed by atoms with Crippen LogP contribution < -0.4 is 24.4 Å². The zero-order valence-electron chi connectivity index (χ0n) is 21.6. The van der Waals surface area contributed by atoms with Crippen LogP contribution in [-0.2, 0) is 11.2 Å². The van der Waals surface area contributed by atoms with Crippen LogP contribution in [0.3, 0.4) is 0 Å². The van der Waals surface area contributed by atoms with Crippen molar-refractivity contribution in [2.24, 2.45) is 0 Å². The van der Waals surface area contributed by atoms with Gasteiger partial charge in [0.2, 0.25) is 5.88 Å². The molecule has 1 aliphatic heterocycles. The molecule has 13 heteroatoms. The van der Waals surface area contributed by atoms with Crippen molar-refractivity contribution in [1.29, 1.82) is 0 Å². The second kappa shape index (κ2) is 12.5. The first-order valence-electron chi connectivity index (χ1n) is 12.3. The molecule has 1 heterocycles. The molecule has 0 unspecified atom stereocenters. The number of ether oxygens (including phenoxy) is 3. The molecule has 0 atom stereocenters. The van der Waals surface area contributed by atoms with Crippen LogP contribution >= 0.6 is 11.6 Å². The van der Waals surface area contributed by atoms with Gasteiger partial charge >= 0.3 is 12.3 Å². The average molecular weight is 597 g/mol. The van der Waals surface area contributed by atoms with Gasteiger partial charge in [-0.3, -0.25) is 4.79 Å². The van der Waals surface area contributed by atoms with E-state index in [0.717, 1.165) is 12.1 Å². The molecule has 41 heavy (non-hydrogen) atoms. The number of aliphatic hydroxyl groups is 1. The molecular formula is C28H25ClF4N2O6. The van der Waals surface area contributed by atoms with E-state index in [-0.39, 0.29) is 49.7 Å². The Hall–Kier alpha value is -4.32. The highest BCUT2D eigenvalue weighted by Gasteiger charge is 2.34. The van der Waals surface area contributed by atoms with Gasteiger partial charge in [0.05, 0.1) is 19.4 Å². The lowest BCUT2D eigenvalue weighted by molar-refractivity contribution is -0.275. The number of aliphatic hydroxyl groups excluding tert-OH is 1. The Balaban J connectivity index is 1.72. The van der Waals surface area contributed by atoms with E-state index in [1.54, 1.807) is 42.5 Å². The van der Waals surface area contributed by atoms with E-state index >= 15 is 0 Å². The maximum Gasteiger partial charge on any atom is 0.573 e. The molecule has 0 amide bonds. The molecule has 0 aromatic heterocycles. The van der Waals surface area contributed by atoms with Crippen LogP contribution in [0.1, 0.15) is 24.0 Å². The summed E-state index contributed by atoms with van der Waals surface area (Å²) in [5.74, 6) is -2.73.